The van der Waals surface area contributed by atoms with E-state index < -0.39 is 0 Å². The number of nitrogens with two attached hydrogens (primary N) is 1. The highest BCUT2D eigenvalue weighted by molar-refractivity contribution is 4.95. The number of hydrogen-bond acceptors (Lipinski definition) is 3. The van der Waals surface area contributed by atoms with E-state index in [1.807, 2.05) is 6.92 Å². The maximum atomic E-state index is 5.80. The number of hydrogen-bond donors (Lipinski definition) is 1. The summed E-state index contributed by atoms with van der Waals surface area (Å²) >= 11 is 0. The third kappa shape index (κ3) is 2.93. The molecule has 3 unspecified atom stereocenters. The van der Waals surface area contributed by atoms with Crippen molar-refractivity contribution in [2.24, 2.45) is 11.7 Å². The topological polar surface area (TPSA) is 44.5 Å². The Labute approximate surface area is 80.6 Å². The van der Waals surface area contributed by atoms with Crippen LogP contribution in [-0.4, -0.2) is 31.5 Å². The standard InChI is InChI=1S/C10H21NO2/c1-4-12-10-8(11)5-9(10)13-6-7(2)3/h7-10H,4-6,11H2,1-3H3. The molecule has 0 aromatic carbocycles. The van der Waals surface area contributed by atoms with Crippen molar-refractivity contribution >= 4 is 0 Å². The summed E-state index contributed by atoms with van der Waals surface area (Å²) in [7, 11) is 0. The van der Waals surface area contributed by atoms with Gasteiger partial charge in [-0.3, -0.25) is 0 Å². The SMILES string of the molecule is CCOC1C(N)CC1OCC(C)C. The van der Waals surface area contributed by atoms with Crippen LogP contribution in [0.15, 0.2) is 0 Å². The summed E-state index contributed by atoms with van der Waals surface area (Å²) in [6, 6.07) is 0.178. The van der Waals surface area contributed by atoms with Crippen molar-refractivity contribution in [3.63, 3.8) is 0 Å². The fourth-order valence-corrected chi connectivity index (χ4v) is 1.52. The van der Waals surface area contributed by atoms with Crippen LogP contribution in [0.2, 0.25) is 0 Å². The minimum atomic E-state index is 0.128. The minimum Gasteiger partial charge on any atom is -0.375 e. The molecule has 1 rings (SSSR count). The largest absolute Gasteiger partial charge is 0.375 e. The van der Waals surface area contributed by atoms with E-state index in [2.05, 4.69) is 13.8 Å². The molecule has 0 aromatic heterocycles. The van der Waals surface area contributed by atoms with Crippen LogP contribution in [0.3, 0.4) is 0 Å². The molecule has 3 heteroatoms. The second-order valence-corrected chi connectivity index (χ2v) is 4.09. The van der Waals surface area contributed by atoms with Gasteiger partial charge >= 0.3 is 0 Å². The molecule has 1 saturated carbocycles. The number of ether oxygens (including phenoxy) is 2. The van der Waals surface area contributed by atoms with Gasteiger partial charge in [0, 0.05) is 19.3 Å². The van der Waals surface area contributed by atoms with Crippen molar-refractivity contribution in [2.75, 3.05) is 13.2 Å². The molecule has 1 fully saturated rings. The van der Waals surface area contributed by atoms with Crippen molar-refractivity contribution in [1.29, 1.82) is 0 Å². The Morgan fingerprint density at radius 1 is 1.38 bits per heavy atom. The molecule has 3 atom stereocenters. The second kappa shape index (κ2) is 4.94. The first-order valence-electron chi connectivity index (χ1n) is 5.14. The Morgan fingerprint density at radius 2 is 2.08 bits per heavy atom. The number of rotatable bonds is 5. The van der Waals surface area contributed by atoms with Gasteiger partial charge in [0.05, 0.1) is 12.2 Å². The van der Waals surface area contributed by atoms with Crippen LogP contribution < -0.4 is 5.73 Å². The van der Waals surface area contributed by atoms with Gasteiger partial charge in [0.15, 0.2) is 0 Å². The zero-order valence-electron chi connectivity index (χ0n) is 8.82. The first kappa shape index (κ1) is 11.0. The van der Waals surface area contributed by atoms with Crippen LogP contribution in [0.1, 0.15) is 27.2 Å². The molecule has 0 aromatic rings. The van der Waals surface area contributed by atoms with Crippen molar-refractivity contribution in [1.82, 2.24) is 0 Å². The molecule has 1 aliphatic carbocycles. The molecule has 13 heavy (non-hydrogen) atoms. The molecule has 3 nitrogen and oxygen atoms in total. The van der Waals surface area contributed by atoms with Crippen LogP contribution >= 0.6 is 0 Å². The van der Waals surface area contributed by atoms with Gasteiger partial charge in [-0.2, -0.15) is 0 Å². The Balaban J connectivity index is 2.20. The molecule has 0 bridgehead atoms. The van der Waals surface area contributed by atoms with Gasteiger partial charge in [-0.05, 0) is 19.3 Å². The van der Waals surface area contributed by atoms with E-state index in [1.54, 1.807) is 0 Å². The average molecular weight is 187 g/mol. The first-order chi connectivity index (χ1) is 6.15. The predicted molar refractivity (Wildman–Crippen MR) is 52.6 cm³/mol. The Morgan fingerprint density at radius 3 is 2.54 bits per heavy atom. The van der Waals surface area contributed by atoms with Gasteiger partial charge < -0.3 is 15.2 Å². The normalized spacial score (nSPS) is 33.5. The van der Waals surface area contributed by atoms with E-state index >= 15 is 0 Å². The van der Waals surface area contributed by atoms with Gasteiger partial charge in [-0.1, -0.05) is 13.8 Å². The van der Waals surface area contributed by atoms with Crippen LogP contribution in [0.25, 0.3) is 0 Å². The molecule has 0 spiro atoms. The van der Waals surface area contributed by atoms with Crippen LogP contribution in [0, 0.1) is 5.92 Å². The maximum Gasteiger partial charge on any atom is 0.0988 e. The maximum absolute atomic E-state index is 5.80. The van der Waals surface area contributed by atoms with Crippen molar-refractivity contribution in [2.45, 2.75) is 45.4 Å². The summed E-state index contributed by atoms with van der Waals surface area (Å²) in [5.41, 5.74) is 5.80. The molecule has 0 aliphatic heterocycles. The molecule has 0 amide bonds. The lowest BCUT2D eigenvalue weighted by Gasteiger charge is -2.41. The highest BCUT2D eigenvalue weighted by Crippen LogP contribution is 2.25. The summed E-state index contributed by atoms with van der Waals surface area (Å²) in [5, 5.41) is 0. The lowest BCUT2D eigenvalue weighted by Crippen LogP contribution is -2.58. The Hall–Kier alpha value is -0.120. The van der Waals surface area contributed by atoms with E-state index in [-0.39, 0.29) is 18.2 Å². The molecule has 0 heterocycles. The van der Waals surface area contributed by atoms with Crippen molar-refractivity contribution in [3.05, 3.63) is 0 Å². The van der Waals surface area contributed by atoms with E-state index in [0.29, 0.717) is 5.92 Å². The lowest BCUT2D eigenvalue weighted by molar-refractivity contribution is -0.141. The van der Waals surface area contributed by atoms with Gasteiger partial charge in [0.25, 0.3) is 0 Å². The fourth-order valence-electron chi connectivity index (χ4n) is 1.52. The van der Waals surface area contributed by atoms with E-state index in [9.17, 15) is 0 Å². The highest BCUT2D eigenvalue weighted by Gasteiger charge is 2.40. The zero-order valence-corrected chi connectivity index (χ0v) is 8.82. The third-order valence-corrected chi connectivity index (χ3v) is 2.30. The summed E-state index contributed by atoms with van der Waals surface area (Å²) in [6.07, 6.45) is 1.30. The third-order valence-electron chi connectivity index (χ3n) is 2.30. The van der Waals surface area contributed by atoms with Gasteiger partial charge in [-0.15, -0.1) is 0 Å². The summed E-state index contributed by atoms with van der Waals surface area (Å²) in [4.78, 5) is 0. The summed E-state index contributed by atoms with van der Waals surface area (Å²) in [5.74, 6) is 0.583. The lowest BCUT2D eigenvalue weighted by atomic mass is 9.86. The van der Waals surface area contributed by atoms with Crippen LogP contribution in [0.5, 0.6) is 0 Å². The predicted octanol–water partition coefficient (Wildman–Crippen LogP) is 1.16. The van der Waals surface area contributed by atoms with Crippen molar-refractivity contribution in [3.8, 4) is 0 Å². The van der Waals surface area contributed by atoms with Crippen LogP contribution in [0.4, 0.5) is 0 Å². The fraction of sp³-hybridized carbons (Fsp3) is 1.00. The van der Waals surface area contributed by atoms with Gasteiger partial charge in [0.2, 0.25) is 0 Å². The van der Waals surface area contributed by atoms with Crippen LogP contribution in [-0.2, 0) is 9.47 Å². The summed E-state index contributed by atoms with van der Waals surface area (Å²) in [6.45, 7) is 7.81. The molecule has 0 saturated heterocycles. The van der Waals surface area contributed by atoms with Gasteiger partial charge in [0.1, 0.15) is 0 Å². The van der Waals surface area contributed by atoms with E-state index in [1.165, 1.54) is 0 Å². The molecule has 1 aliphatic rings. The molecule has 2 N–H and O–H groups in total. The molecular formula is C10H21NO2. The monoisotopic (exact) mass is 187 g/mol. The Kier molecular flexibility index (Phi) is 4.16. The van der Waals surface area contributed by atoms with Gasteiger partial charge in [-0.25, -0.2) is 0 Å². The average Bonchev–Trinajstić information content (AvgIpc) is 2.07. The summed E-state index contributed by atoms with van der Waals surface area (Å²) < 4.78 is 11.2. The Bertz CT molecular complexity index is 150. The van der Waals surface area contributed by atoms with Crippen molar-refractivity contribution < 1.29 is 9.47 Å². The zero-order chi connectivity index (χ0) is 9.84. The molecule has 78 valence electrons. The quantitative estimate of drug-likeness (QED) is 0.702. The van der Waals surface area contributed by atoms with E-state index in [0.717, 1.165) is 19.6 Å². The first-order valence-corrected chi connectivity index (χ1v) is 5.14. The highest BCUT2D eigenvalue weighted by atomic mass is 16.5. The smallest absolute Gasteiger partial charge is 0.0988 e. The molecular weight excluding hydrogens is 166 g/mol. The second-order valence-electron chi connectivity index (χ2n) is 4.09. The minimum absolute atomic E-state index is 0.128. The van der Waals surface area contributed by atoms with E-state index in [4.69, 9.17) is 15.2 Å². The molecule has 0 radical (unpaired) electrons.